The summed E-state index contributed by atoms with van der Waals surface area (Å²) >= 11 is 0. The van der Waals surface area contributed by atoms with Crippen molar-refractivity contribution in [2.24, 2.45) is 40.4 Å². The first-order chi connectivity index (χ1) is 25.2. The Morgan fingerprint density at radius 1 is 0.755 bits per heavy atom. The number of hydrogen-bond donors (Lipinski definition) is 2. The fraction of sp³-hybridized carbons (Fsp3) is 0.455. The molecule has 7 nitrogen and oxygen atoms in total. The van der Waals surface area contributed by atoms with Crippen LogP contribution in [-0.4, -0.2) is 38.7 Å². The predicted molar refractivity (Wildman–Crippen MR) is 210 cm³/mol. The summed E-state index contributed by atoms with van der Waals surface area (Å²) < 4.78 is 74.2. The summed E-state index contributed by atoms with van der Waals surface area (Å²) in [6.45, 7) is 9.61. The zero-order valence-corrected chi connectivity index (χ0v) is 32.2. The molecule has 4 aliphatic rings. The molecule has 0 bridgehead atoms. The van der Waals surface area contributed by atoms with Crippen molar-refractivity contribution in [2.75, 3.05) is 6.61 Å². The fourth-order valence-electron chi connectivity index (χ4n) is 11.7. The number of hydrogen-bond acceptors (Lipinski definition) is 5. The van der Waals surface area contributed by atoms with E-state index in [4.69, 9.17) is 4.74 Å². The second kappa shape index (κ2) is 13.4. The molecular formula is C44H50O7S2. The van der Waals surface area contributed by atoms with Crippen LogP contribution in [0.1, 0.15) is 82.8 Å². The van der Waals surface area contributed by atoms with Crippen LogP contribution in [0.3, 0.4) is 0 Å². The van der Waals surface area contributed by atoms with Gasteiger partial charge in [0.1, 0.15) is 0 Å². The largest absolute Gasteiger partial charge is 0.374 e. The lowest BCUT2D eigenvalue weighted by molar-refractivity contribution is -0.131. The van der Waals surface area contributed by atoms with Gasteiger partial charge in [0.2, 0.25) is 0 Å². The normalized spacial score (nSPS) is 31.4. The van der Waals surface area contributed by atoms with Crippen LogP contribution in [0.25, 0.3) is 27.1 Å². The lowest BCUT2D eigenvalue weighted by atomic mass is 9.44. The van der Waals surface area contributed by atoms with E-state index in [9.17, 15) is 25.9 Å². The van der Waals surface area contributed by atoms with Crippen LogP contribution in [0.5, 0.6) is 0 Å². The van der Waals surface area contributed by atoms with Crippen LogP contribution >= 0.6 is 0 Å². The SMILES string of the molecule is C=CCO[C@H]1CC[C@H]2[C@@H]3CCC4CC(C=C(c5cccc6cc(S(=O)(=O)O)ccc56)c5cccc6cc(S(=O)(=O)O)ccc56)CC[C@]4(C)[C@H]3CC[C@]12C. The Morgan fingerprint density at radius 3 is 1.92 bits per heavy atom. The molecule has 53 heavy (non-hydrogen) atoms. The van der Waals surface area contributed by atoms with E-state index in [2.05, 4.69) is 38.6 Å². The zero-order chi connectivity index (χ0) is 37.3. The molecule has 0 spiro atoms. The van der Waals surface area contributed by atoms with Crippen LogP contribution < -0.4 is 0 Å². The van der Waals surface area contributed by atoms with E-state index in [1.54, 1.807) is 12.1 Å². The van der Waals surface area contributed by atoms with Crippen LogP contribution in [-0.2, 0) is 25.0 Å². The highest BCUT2D eigenvalue weighted by Gasteiger charge is 2.60. The number of allylic oxidation sites excluding steroid dienone is 1. The molecule has 0 heterocycles. The zero-order valence-electron chi connectivity index (χ0n) is 30.6. The predicted octanol–water partition coefficient (Wildman–Crippen LogP) is 10.1. The Bertz CT molecular complexity index is 2230. The molecule has 2 unspecified atom stereocenters. The molecule has 8 rings (SSSR count). The summed E-state index contributed by atoms with van der Waals surface area (Å²) in [6, 6.07) is 21.0. The van der Waals surface area contributed by atoms with E-state index < -0.39 is 20.2 Å². The Hall–Kier alpha value is -3.34. The van der Waals surface area contributed by atoms with Crippen LogP contribution in [0.4, 0.5) is 0 Å². The molecule has 8 atom stereocenters. The summed E-state index contributed by atoms with van der Waals surface area (Å²) in [4.78, 5) is -0.309. The van der Waals surface area contributed by atoms with Crippen molar-refractivity contribution in [3.05, 3.63) is 103 Å². The van der Waals surface area contributed by atoms with E-state index in [0.29, 0.717) is 40.7 Å². The fourth-order valence-corrected chi connectivity index (χ4v) is 12.8. The third-order valence-electron chi connectivity index (χ3n) is 14.3. The van der Waals surface area contributed by atoms with Crippen molar-refractivity contribution in [2.45, 2.75) is 87.5 Å². The molecular weight excluding hydrogens is 705 g/mol. The Balaban J connectivity index is 1.17. The molecule has 2 N–H and O–H groups in total. The van der Waals surface area contributed by atoms with Crippen LogP contribution in [0.15, 0.2) is 101 Å². The van der Waals surface area contributed by atoms with Crippen molar-refractivity contribution in [1.29, 1.82) is 0 Å². The van der Waals surface area contributed by atoms with Gasteiger partial charge in [-0.05, 0) is 161 Å². The summed E-state index contributed by atoms with van der Waals surface area (Å²) in [5, 5.41) is 3.10. The van der Waals surface area contributed by atoms with Crippen molar-refractivity contribution in [3.8, 4) is 0 Å². The Labute approximate surface area is 314 Å². The van der Waals surface area contributed by atoms with Gasteiger partial charge in [0, 0.05) is 0 Å². The van der Waals surface area contributed by atoms with Gasteiger partial charge in [0.05, 0.1) is 22.5 Å². The second-order valence-corrected chi connectivity index (χ2v) is 19.7. The second-order valence-electron chi connectivity index (χ2n) is 16.8. The quantitative estimate of drug-likeness (QED) is 0.136. The molecule has 0 saturated heterocycles. The van der Waals surface area contributed by atoms with Gasteiger partial charge in [-0.1, -0.05) is 74.5 Å². The minimum absolute atomic E-state index is 0.154. The molecule has 0 aliphatic heterocycles. The molecule has 0 radical (unpaired) electrons. The van der Waals surface area contributed by atoms with Crippen molar-refractivity contribution < 1.29 is 30.7 Å². The molecule has 4 aliphatic carbocycles. The third kappa shape index (κ3) is 6.40. The summed E-state index contributed by atoms with van der Waals surface area (Å²) in [6.07, 6.45) is 15.4. The Morgan fingerprint density at radius 2 is 1.34 bits per heavy atom. The van der Waals surface area contributed by atoms with Gasteiger partial charge in [-0.3, -0.25) is 9.11 Å². The molecule has 4 aromatic carbocycles. The van der Waals surface area contributed by atoms with Gasteiger partial charge in [-0.2, -0.15) is 16.8 Å². The number of ether oxygens (including phenoxy) is 1. The molecule has 4 saturated carbocycles. The highest BCUT2D eigenvalue weighted by atomic mass is 32.2. The van der Waals surface area contributed by atoms with Gasteiger partial charge < -0.3 is 4.74 Å². The van der Waals surface area contributed by atoms with Crippen molar-refractivity contribution in [3.63, 3.8) is 0 Å². The first-order valence-corrected chi connectivity index (χ1v) is 22.0. The maximum absolute atomic E-state index is 12.1. The van der Waals surface area contributed by atoms with E-state index in [1.807, 2.05) is 30.3 Å². The molecule has 280 valence electrons. The lowest BCUT2D eigenvalue weighted by Crippen LogP contribution is -2.54. The third-order valence-corrected chi connectivity index (χ3v) is 16.0. The lowest BCUT2D eigenvalue weighted by Gasteiger charge is -2.61. The molecule has 4 fully saturated rings. The minimum atomic E-state index is -4.38. The Kier molecular flexibility index (Phi) is 9.29. The van der Waals surface area contributed by atoms with Crippen molar-refractivity contribution >= 4 is 47.4 Å². The monoisotopic (exact) mass is 754 g/mol. The highest BCUT2D eigenvalue weighted by Crippen LogP contribution is 2.67. The van der Waals surface area contributed by atoms with E-state index in [0.717, 1.165) is 64.5 Å². The van der Waals surface area contributed by atoms with Gasteiger partial charge in [0.15, 0.2) is 0 Å². The van der Waals surface area contributed by atoms with E-state index >= 15 is 0 Å². The maximum Gasteiger partial charge on any atom is 0.294 e. The molecule has 9 heteroatoms. The van der Waals surface area contributed by atoms with Gasteiger partial charge >= 0.3 is 0 Å². The standard InChI is InChI=1S/C44H50O7S2/c1-4-23-51-42-18-17-40-38-14-11-31-24-28(19-21-43(31,2)41(38)20-22-44(40,42)3)25-39(36-9-5-7-29-26-32(52(45,46)47)12-15-34(29)36)37-10-6-8-30-27-33(53(48,49)50)13-16-35(30)37/h4-10,12-13,15-16,25-28,31,38,40-42H,1,11,14,17-24H2,2-3H3,(H,45,46,47)(H,48,49,50)/t28?,31?,38-,40-,41-,42-,43-,44-/m0/s1. The number of rotatable bonds is 8. The first kappa shape index (κ1) is 36.6. The average molecular weight is 755 g/mol. The smallest absolute Gasteiger partial charge is 0.294 e. The van der Waals surface area contributed by atoms with Crippen LogP contribution in [0.2, 0.25) is 0 Å². The van der Waals surface area contributed by atoms with Crippen LogP contribution in [0, 0.1) is 40.4 Å². The number of benzene rings is 4. The van der Waals surface area contributed by atoms with Crippen molar-refractivity contribution in [1.82, 2.24) is 0 Å². The van der Waals surface area contributed by atoms with Gasteiger partial charge in [0.25, 0.3) is 20.2 Å². The number of fused-ring (bicyclic) bond motifs is 7. The van der Waals surface area contributed by atoms with E-state index in [-0.39, 0.29) is 15.2 Å². The van der Waals surface area contributed by atoms with E-state index in [1.165, 1.54) is 62.8 Å². The summed E-state index contributed by atoms with van der Waals surface area (Å²) in [5.74, 6) is 3.14. The molecule has 0 aromatic heterocycles. The van der Waals surface area contributed by atoms with Gasteiger partial charge in [-0.25, -0.2) is 0 Å². The maximum atomic E-state index is 12.1. The topological polar surface area (TPSA) is 118 Å². The summed E-state index contributed by atoms with van der Waals surface area (Å²) in [7, 11) is -8.76. The summed E-state index contributed by atoms with van der Waals surface area (Å²) in [5.41, 5.74) is 3.44. The molecule has 0 amide bonds. The van der Waals surface area contributed by atoms with Gasteiger partial charge in [-0.15, -0.1) is 6.58 Å². The average Bonchev–Trinajstić information content (AvgIpc) is 3.47. The molecule has 4 aromatic rings. The highest BCUT2D eigenvalue weighted by molar-refractivity contribution is 7.86. The first-order valence-electron chi connectivity index (χ1n) is 19.2. The minimum Gasteiger partial charge on any atom is -0.374 e.